The number of fused-ring (bicyclic) bond motifs is 1. The summed E-state index contributed by atoms with van der Waals surface area (Å²) in [6, 6.07) is 3.77. The maximum Gasteiger partial charge on any atom is 0.163 e. The number of hydrogen-bond donors (Lipinski definition) is 2. The number of rotatable bonds is 2. The van der Waals surface area contributed by atoms with Crippen molar-refractivity contribution in [2.24, 2.45) is 0 Å². The lowest BCUT2D eigenvalue weighted by Crippen LogP contribution is -2.40. The summed E-state index contributed by atoms with van der Waals surface area (Å²) >= 11 is 0. The van der Waals surface area contributed by atoms with E-state index in [2.05, 4.69) is 12.2 Å². The molecule has 3 N–H and O–H groups in total. The Hall–Kier alpha value is -1.62. The summed E-state index contributed by atoms with van der Waals surface area (Å²) in [4.78, 5) is 0. The summed E-state index contributed by atoms with van der Waals surface area (Å²) in [5, 5.41) is 3.54. The van der Waals surface area contributed by atoms with Crippen molar-refractivity contribution in [1.82, 2.24) is 0 Å². The minimum Gasteiger partial charge on any atom is -0.486 e. The molecule has 0 aromatic heterocycles. The second-order valence-corrected chi connectivity index (χ2v) is 5.38. The Labute approximate surface area is 113 Å². The van der Waals surface area contributed by atoms with Gasteiger partial charge in [0.2, 0.25) is 0 Å². The molecule has 0 atom stereocenters. The second-order valence-electron chi connectivity index (χ2n) is 5.38. The molecule has 1 saturated heterocycles. The molecule has 2 heterocycles. The Morgan fingerprint density at radius 1 is 1.05 bits per heavy atom. The summed E-state index contributed by atoms with van der Waals surface area (Å²) < 4.78 is 16.5. The standard InChI is InChI=1S/C14H20N2O3/c1-14(2-4-17-5-3-14)16-11-9-13-12(8-10(11)15)18-6-7-19-13/h8-9,16H,2-7,15H2,1H3. The van der Waals surface area contributed by atoms with E-state index in [1.165, 1.54) is 0 Å². The van der Waals surface area contributed by atoms with Gasteiger partial charge in [0, 0.05) is 30.9 Å². The van der Waals surface area contributed by atoms with Crippen LogP contribution in [0.2, 0.25) is 0 Å². The average molecular weight is 264 g/mol. The molecule has 1 aromatic rings. The Bertz CT molecular complexity index is 470. The van der Waals surface area contributed by atoms with E-state index in [1.54, 1.807) is 0 Å². The van der Waals surface area contributed by atoms with Crippen LogP contribution in [0.25, 0.3) is 0 Å². The molecule has 0 bridgehead atoms. The van der Waals surface area contributed by atoms with Crippen LogP contribution in [0.15, 0.2) is 12.1 Å². The molecule has 2 aliphatic rings. The van der Waals surface area contributed by atoms with Gasteiger partial charge in [-0.25, -0.2) is 0 Å². The quantitative estimate of drug-likeness (QED) is 0.800. The highest BCUT2D eigenvalue weighted by Gasteiger charge is 2.28. The van der Waals surface area contributed by atoms with Gasteiger partial charge >= 0.3 is 0 Å². The molecular weight excluding hydrogens is 244 g/mol. The topological polar surface area (TPSA) is 65.7 Å². The number of nitrogens with two attached hydrogens (primary N) is 1. The first-order chi connectivity index (χ1) is 9.16. The highest BCUT2D eigenvalue weighted by atomic mass is 16.6. The van der Waals surface area contributed by atoms with E-state index >= 15 is 0 Å². The van der Waals surface area contributed by atoms with Gasteiger partial charge < -0.3 is 25.3 Å². The number of nitrogen functional groups attached to an aromatic ring is 1. The Balaban J connectivity index is 1.84. The van der Waals surface area contributed by atoms with E-state index in [0.29, 0.717) is 18.9 Å². The summed E-state index contributed by atoms with van der Waals surface area (Å²) in [5.41, 5.74) is 7.72. The van der Waals surface area contributed by atoms with Crippen LogP contribution in [-0.4, -0.2) is 32.0 Å². The van der Waals surface area contributed by atoms with Crippen molar-refractivity contribution < 1.29 is 14.2 Å². The molecule has 2 aliphatic heterocycles. The summed E-state index contributed by atoms with van der Waals surface area (Å²) in [7, 11) is 0. The van der Waals surface area contributed by atoms with Crippen LogP contribution in [-0.2, 0) is 4.74 Å². The number of nitrogens with one attached hydrogen (secondary N) is 1. The predicted octanol–water partition coefficient (Wildman–Crippen LogP) is 2.02. The van der Waals surface area contributed by atoms with Crippen LogP contribution < -0.4 is 20.5 Å². The highest BCUT2D eigenvalue weighted by Crippen LogP contribution is 2.38. The molecule has 5 nitrogen and oxygen atoms in total. The van der Waals surface area contributed by atoms with Crippen LogP contribution in [0.5, 0.6) is 11.5 Å². The third-order valence-corrected chi connectivity index (χ3v) is 3.75. The third kappa shape index (κ3) is 2.56. The van der Waals surface area contributed by atoms with Gasteiger partial charge in [0.15, 0.2) is 11.5 Å². The first-order valence-corrected chi connectivity index (χ1v) is 6.71. The maximum atomic E-state index is 6.09. The van der Waals surface area contributed by atoms with Crippen LogP contribution in [0.1, 0.15) is 19.8 Å². The van der Waals surface area contributed by atoms with Crippen molar-refractivity contribution in [3.8, 4) is 11.5 Å². The summed E-state index contributed by atoms with van der Waals surface area (Å²) in [5.74, 6) is 1.49. The van der Waals surface area contributed by atoms with Gasteiger partial charge in [-0.05, 0) is 19.8 Å². The Kier molecular flexibility index (Phi) is 3.14. The Morgan fingerprint density at radius 2 is 1.68 bits per heavy atom. The SMILES string of the molecule is CC1(Nc2cc3c(cc2N)OCCO3)CCOCC1. The van der Waals surface area contributed by atoms with Gasteiger partial charge in [0.05, 0.1) is 11.4 Å². The fourth-order valence-electron chi connectivity index (χ4n) is 2.48. The van der Waals surface area contributed by atoms with E-state index in [1.807, 2.05) is 12.1 Å². The predicted molar refractivity (Wildman–Crippen MR) is 73.9 cm³/mol. The van der Waals surface area contributed by atoms with Crippen LogP contribution in [0.4, 0.5) is 11.4 Å². The van der Waals surface area contributed by atoms with Gasteiger partial charge in [-0.2, -0.15) is 0 Å². The van der Waals surface area contributed by atoms with Crippen molar-refractivity contribution in [2.45, 2.75) is 25.3 Å². The molecule has 1 fully saturated rings. The van der Waals surface area contributed by atoms with E-state index in [-0.39, 0.29) is 5.54 Å². The first kappa shape index (κ1) is 12.4. The molecule has 104 valence electrons. The molecule has 3 rings (SSSR count). The van der Waals surface area contributed by atoms with Crippen LogP contribution in [0.3, 0.4) is 0 Å². The number of hydrogen-bond acceptors (Lipinski definition) is 5. The molecule has 5 heteroatoms. The van der Waals surface area contributed by atoms with Crippen molar-refractivity contribution in [2.75, 3.05) is 37.5 Å². The number of benzene rings is 1. The largest absolute Gasteiger partial charge is 0.486 e. The lowest BCUT2D eigenvalue weighted by Gasteiger charge is -2.36. The van der Waals surface area contributed by atoms with Crippen LogP contribution in [0, 0.1) is 0 Å². The van der Waals surface area contributed by atoms with E-state index in [9.17, 15) is 0 Å². The molecule has 0 spiro atoms. The van der Waals surface area contributed by atoms with E-state index in [0.717, 1.165) is 43.2 Å². The maximum absolute atomic E-state index is 6.09. The fraction of sp³-hybridized carbons (Fsp3) is 0.571. The first-order valence-electron chi connectivity index (χ1n) is 6.71. The highest BCUT2D eigenvalue weighted by molar-refractivity contribution is 5.72. The summed E-state index contributed by atoms with van der Waals surface area (Å²) in [6.45, 7) is 4.93. The van der Waals surface area contributed by atoms with E-state index < -0.39 is 0 Å². The fourth-order valence-corrected chi connectivity index (χ4v) is 2.48. The van der Waals surface area contributed by atoms with Gasteiger partial charge in [-0.15, -0.1) is 0 Å². The van der Waals surface area contributed by atoms with Gasteiger partial charge in [-0.1, -0.05) is 0 Å². The van der Waals surface area contributed by atoms with Crippen LogP contribution >= 0.6 is 0 Å². The van der Waals surface area contributed by atoms with Gasteiger partial charge in [0.1, 0.15) is 13.2 Å². The monoisotopic (exact) mass is 264 g/mol. The normalized spacial score (nSPS) is 20.9. The van der Waals surface area contributed by atoms with Crippen molar-refractivity contribution in [3.63, 3.8) is 0 Å². The molecule has 0 saturated carbocycles. The van der Waals surface area contributed by atoms with Gasteiger partial charge in [-0.3, -0.25) is 0 Å². The molecular formula is C14H20N2O3. The summed E-state index contributed by atoms with van der Waals surface area (Å²) in [6.07, 6.45) is 1.95. The smallest absolute Gasteiger partial charge is 0.163 e. The molecule has 0 radical (unpaired) electrons. The molecule has 0 unspecified atom stereocenters. The molecule has 19 heavy (non-hydrogen) atoms. The van der Waals surface area contributed by atoms with Crippen molar-refractivity contribution in [3.05, 3.63) is 12.1 Å². The Morgan fingerprint density at radius 3 is 2.37 bits per heavy atom. The lowest BCUT2D eigenvalue weighted by atomic mass is 9.92. The third-order valence-electron chi connectivity index (χ3n) is 3.75. The lowest BCUT2D eigenvalue weighted by molar-refractivity contribution is 0.0658. The average Bonchev–Trinajstić information content (AvgIpc) is 2.40. The number of anilines is 2. The zero-order valence-electron chi connectivity index (χ0n) is 11.2. The van der Waals surface area contributed by atoms with Crippen molar-refractivity contribution in [1.29, 1.82) is 0 Å². The van der Waals surface area contributed by atoms with Gasteiger partial charge in [0.25, 0.3) is 0 Å². The minimum atomic E-state index is 0.0239. The minimum absolute atomic E-state index is 0.0239. The molecule has 1 aromatic carbocycles. The number of ether oxygens (including phenoxy) is 3. The zero-order chi connectivity index (χ0) is 13.3. The zero-order valence-corrected chi connectivity index (χ0v) is 11.2. The second kappa shape index (κ2) is 4.81. The molecule has 0 amide bonds. The van der Waals surface area contributed by atoms with E-state index in [4.69, 9.17) is 19.9 Å². The molecule has 0 aliphatic carbocycles. The van der Waals surface area contributed by atoms with Crippen molar-refractivity contribution >= 4 is 11.4 Å².